The molecule has 0 saturated carbocycles. The summed E-state index contributed by atoms with van der Waals surface area (Å²) >= 11 is 0. The molecule has 0 radical (unpaired) electrons. The fourth-order valence-corrected chi connectivity index (χ4v) is 7.00. The number of hydrogen-bond donors (Lipinski definition) is 5. The van der Waals surface area contributed by atoms with Gasteiger partial charge in [0, 0.05) is 0 Å². The number of amides is 1. The Kier molecular flexibility index (Phi) is 36.6. The van der Waals surface area contributed by atoms with Crippen LogP contribution in [0.25, 0.3) is 0 Å². The van der Waals surface area contributed by atoms with Crippen LogP contribution in [0.15, 0.2) is 0 Å². The number of unbranched alkanes of at least 4 members (excludes halogenated alkanes) is 28. The summed E-state index contributed by atoms with van der Waals surface area (Å²) in [6, 6.07) is -0.979. The molecule has 5 N–H and O–H groups in total. The average Bonchev–Trinajstić information content (AvgIpc) is 3.09. The Morgan fingerprint density at radius 1 is 0.469 bits per heavy atom. The fourth-order valence-electron chi connectivity index (χ4n) is 7.00. The maximum Gasteiger partial charge on any atom is 0.249 e. The van der Waals surface area contributed by atoms with Gasteiger partial charge in [-0.25, -0.2) is 0 Å². The molecule has 0 heterocycles. The maximum absolute atomic E-state index is 12.5. The van der Waals surface area contributed by atoms with Crippen molar-refractivity contribution in [3.05, 3.63) is 0 Å². The second kappa shape index (κ2) is 37.1. The lowest BCUT2D eigenvalue weighted by Crippen LogP contribution is -2.53. The monoisotopic (exact) mass is 698 g/mol. The van der Waals surface area contributed by atoms with E-state index in [0.717, 1.165) is 44.4 Å². The van der Waals surface area contributed by atoms with Crippen LogP contribution in [0.1, 0.15) is 233 Å². The number of carbonyl (C=O) groups excluding carboxylic acids is 1. The Labute approximate surface area is 305 Å². The fraction of sp³-hybridized carbons (Fsp3) is 0.977. The van der Waals surface area contributed by atoms with Crippen LogP contribution in [0.2, 0.25) is 0 Å². The number of aliphatic hydroxyl groups is 4. The second-order valence-corrected chi connectivity index (χ2v) is 15.9. The van der Waals surface area contributed by atoms with Gasteiger partial charge in [-0.3, -0.25) is 4.79 Å². The molecule has 0 aromatic rings. The van der Waals surface area contributed by atoms with Crippen molar-refractivity contribution < 1.29 is 25.2 Å². The lowest BCUT2D eigenvalue weighted by atomic mass is 9.99. The van der Waals surface area contributed by atoms with Crippen LogP contribution >= 0.6 is 0 Å². The summed E-state index contributed by atoms with van der Waals surface area (Å²) in [6.45, 7) is 6.39. The summed E-state index contributed by atoms with van der Waals surface area (Å²) in [4.78, 5) is 12.5. The van der Waals surface area contributed by atoms with Gasteiger partial charge in [-0.1, -0.05) is 220 Å². The van der Waals surface area contributed by atoms with Crippen LogP contribution < -0.4 is 5.32 Å². The van der Waals surface area contributed by atoms with Crippen molar-refractivity contribution in [3.8, 4) is 0 Å². The molecule has 4 unspecified atom stereocenters. The minimum Gasteiger partial charge on any atom is -0.394 e. The molecular weight excluding hydrogens is 610 g/mol. The van der Waals surface area contributed by atoms with Gasteiger partial charge < -0.3 is 25.7 Å². The predicted octanol–water partition coefficient (Wildman–Crippen LogP) is 11.1. The highest BCUT2D eigenvalue weighted by Crippen LogP contribution is 2.17. The Morgan fingerprint density at radius 3 is 1.10 bits per heavy atom. The molecular formula is C43H87NO5. The summed E-state index contributed by atoms with van der Waals surface area (Å²) in [7, 11) is 0. The first kappa shape index (κ1) is 48.3. The van der Waals surface area contributed by atoms with Crippen molar-refractivity contribution in [2.45, 2.75) is 257 Å². The quantitative estimate of drug-likeness (QED) is 0.0411. The molecule has 0 fully saturated rings. The molecule has 0 saturated heterocycles. The number of hydrogen-bond acceptors (Lipinski definition) is 5. The minimum absolute atomic E-state index is 0.375. The van der Waals surface area contributed by atoms with Gasteiger partial charge in [0.2, 0.25) is 5.91 Å². The largest absolute Gasteiger partial charge is 0.394 e. The lowest BCUT2D eigenvalue weighted by molar-refractivity contribution is -0.132. The number of rotatable bonds is 39. The number of aliphatic hydroxyl groups excluding tert-OH is 4. The predicted molar refractivity (Wildman–Crippen MR) is 210 cm³/mol. The molecule has 6 nitrogen and oxygen atoms in total. The van der Waals surface area contributed by atoms with E-state index in [1.54, 1.807) is 0 Å². The van der Waals surface area contributed by atoms with Gasteiger partial charge in [-0.2, -0.15) is 0 Å². The van der Waals surface area contributed by atoms with Gasteiger partial charge in [0.05, 0.1) is 18.8 Å². The van der Waals surface area contributed by atoms with E-state index in [2.05, 4.69) is 26.1 Å². The summed E-state index contributed by atoms with van der Waals surface area (Å²) < 4.78 is 0. The molecule has 1 amide bonds. The van der Waals surface area contributed by atoms with Crippen molar-refractivity contribution in [2.75, 3.05) is 6.61 Å². The average molecular weight is 698 g/mol. The van der Waals surface area contributed by atoms with Crippen molar-refractivity contribution in [2.24, 2.45) is 5.92 Å². The Balaban J connectivity index is 3.70. The van der Waals surface area contributed by atoms with E-state index >= 15 is 0 Å². The molecule has 6 heteroatoms. The third kappa shape index (κ3) is 32.9. The van der Waals surface area contributed by atoms with Crippen LogP contribution in [0.4, 0.5) is 0 Å². The van der Waals surface area contributed by atoms with Crippen molar-refractivity contribution in [3.63, 3.8) is 0 Å². The topological polar surface area (TPSA) is 110 Å². The lowest BCUT2D eigenvalue weighted by Gasteiger charge is -2.27. The zero-order valence-corrected chi connectivity index (χ0v) is 33.1. The van der Waals surface area contributed by atoms with Crippen molar-refractivity contribution in [1.82, 2.24) is 5.32 Å². The minimum atomic E-state index is -1.25. The molecule has 0 aliphatic rings. The summed E-state index contributed by atoms with van der Waals surface area (Å²) in [5, 5.41) is 43.7. The van der Waals surface area contributed by atoms with E-state index in [1.807, 2.05) is 0 Å². The van der Waals surface area contributed by atoms with E-state index in [4.69, 9.17) is 0 Å². The molecule has 0 spiro atoms. The Bertz CT molecular complexity index is 675. The van der Waals surface area contributed by atoms with Crippen molar-refractivity contribution >= 4 is 5.91 Å². The molecule has 0 aliphatic carbocycles. The normalized spacial score (nSPS) is 14.3. The zero-order valence-electron chi connectivity index (χ0n) is 33.1. The van der Waals surface area contributed by atoms with Gasteiger partial charge in [0.1, 0.15) is 12.2 Å². The van der Waals surface area contributed by atoms with E-state index in [-0.39, 0.29) is 0 Å². The summed E-state index contributed by atoms with van der Waals surface area (Å²) in [5.41, 5.74) is 0. The van der Waals surface area contributed by atoms with E-state index in [1.165, 1.54) is 161 Å². The van der Waals surface area contributed by atoms with E-state index in [0.29, 0.717) is 12.8 Å². The zero-order chi connectivity index (χ0) is 36.2. The highest BCUT2D eigenvalue weighted by atomic mass is 16.3. The van der Waals surface area contributed by atoms with Crippen LogP contribution in [-0.4, -0.2) is 57.3 Å². The molecule has 0 aromatic heterocycles. The Morgan fingerprint density at radius 2 is 0.776 bits per heavy atom. The second-order valence-electron chi connectivity index (χ2n) is 15.9. The molecule has 0 bridgehead atoms. The van der Waals surface area contributed by atoms with Crippen LogP contribution in [0.3, 0.4) is 0 Å². The van der Waals surface area contributed by atoms with Gasteiger partial charge in [-0.05, 0) is 18.8 Å². The summed E-state index contributed by atoms with van der Waals surface area (Å²) in [5.74, 6) is 0.242. The van der Waals surface area contributed by atoms with Gasteiger partial charge in [0.15, 0.2) is 0 Å². The SMILES string of the molecule is CCCCCCCCCCCCCCCCCCCCCC(O)C(=O)NC(CO)C(O)C(O)CCCCCCCCCCCCCC(C)C. The first-order valence-electron chi connectivity index (χ1n) is 21.8. The van der Waals surface area contributed by atoms with Crippen molar-refractivity contribution in [1.29, 1.82) is 0 Å². The highest BCUT2D eigenvalue weighted by molar-refractivity contribution is 5.80. The standard InChI is InChI=1S/C43H87NO5/c1-4-5-6-7-8-9-10-11-12-13-14-15-16-17-20-24-27-30-33-36-41(47)43(49)44-39(37-45)42(48)40(46)35-32-29-26-23-21-18-19-22-25-28-31-34-38(2)3/h38-42,45-48H,4-37H2,1-3H3,(H,44,49). The molecule has 0 rings (SSSR count). The first-order valence-corrected chi connectivity index (χ1v) is 21.8. The molecule has 4 atom stereocenters. The molecule has 49 heavy (non-hydrogen) atoms. The van der Waals surface area contributed by atoms with E-state index < -0.39 is 36.9 Å². The van der Waals surface area contributed by atoms with Gasteiger partial charge >= 0.3 is 0 Å². The molecule has 294 valence electrons. The third-order valence-corrected chi connectivity index (χ3v) is 10.5. The first-order chi connectivity index (χ1) is 23.8. The highest BCUT2D eigenvalue weighted by Gasteiger charge is 2.28. The summed E-state index contributed by atoms with van der Waals surface area (Å²) in [6.07, 6.45) is 37.0. The number of nitrogens with one attached hydrogen (secondary N) is 1. The van der Waals surface area contributed by atoms with Crippen LogP contribution in [0, 0.1) is 5.92 Å². The van der Waals surface area contributed by atoms with Crippen LogP contribution in [0.5, 0.6) is 0 Å². The Hall–Kier alpha value is -0.690. The van der Waals surface area contributed by atoms with E-state index in [9.17, 15) is 25.2 Å². The van der Waals surface area contributed by atoms with Gasteiger partial charge in [-0.15, -0.1) is 0 Å². The smallest absolute Gasteiger partial charge is 0.249 e. The maximum atomic E-state index is 12.5. The molecule has 0 aromatic carbocycles. The third-order valence-electron chi connectivity index (χ3n) is 10.5. The van der Waals surface area contributed by atoms with Gasteiger partial charge in [0.25, 0.3) is 0 Å². The van der Waals surface area contributed by atoms with Crippen LogP contribution in [-0.2, 0) is 4.79 Å². The number of carbonyl (C=O) groups is 1. The molecule has 0 aliphatic heterocycles.